The van der Waals surface area contributed by atoms with Crippen LogP contribution in [0, 0.1) is 5.41 Å². The van der Waals surface area contributed by atoms with E-state index in [9.17, 15) is 15.0 Å². The number of phenolic OH excluding ortho intramolecular Hbond substituents is 2. The summed E-state index contributed by atoms with van der Waals surface area (Å²) in [6, 6.07) is 10.6. The van der Waals surface area contributed by atoms with Crippen LogP contribution in [-0.4, -0.2) is 48.3 Å². The van der Waals surface area contributed by atoms with Crippen molar-refractivity contribution in [2.24, 2.45) is 7.05 Å². The average Bonchev–Trinajstić information content (AvgIpc) is 3.23. The number of phenols is 2. The molecule has 0 bridgehead atoms. The Balaban J connectivity index is 0.000000672. The van der Waals surface area contributed by atoms with Crippen molar-refractivity contribution >= 4 is 24.5 Å². The number of aryl methyl sites for hydroxylation is 1. The zero-order chi connectivity index (χ0) is 22.9. The van der Waals surface area contributed by atoms with Crippen LogP contribution in [0.4, 0.5) is 0 Å². The summed E-state index contributed by atoms with van der Waals surface area (Å²) in [6.45, 7) is 3.88. The molecule has 0 saturated heterocycles. The van der Waals surface area contributed by atoms with Crippen LogP contribution in [0.15, 0.2) is 47.4 Å². The Bertz CT molecular complexity index is 1320. The van der Waals surface area contributed by atoms with Gasteiger partial charge in [0.05, 0.1) is 11.3 Å². The number of nitrogens with zero attached hydrogens (tertiary/aromatic N) is 3. The first-order valence-electron chi connectivity index (χ1n) is 9.42. The Morgan fingerprint density at radius 3 is 2.44 bits per heavy atom. The number of aliphatic hydroxyl groups is 1. The van der Waals surface area contributed by atoms with Crippen molar-refractivity contribution < 1.29 is 48.0 Å². The van der Waals surface area contributed by atoms with Gasteiger partial charge in [0.1, 0.15) is 17.3 Å². The number of aromatic nitrogens is 4. The topological polar surface area (TPSA) is 140 Å². The third-order valence-electron chi connectivity index (χ3n) is 4.81. The van der Waals surface area contributed by atoms with Gasteiger partial charge in [-0.1, -0.05) is 13.8 Å². The maximum Gasteiger partial charge on any atom is 0.348 e. The minimum Gasteiger partial charge on any atom is -0.508 e. The standard InChI is InChI=1S/C20H20N4O3.CH2BNO.Y/c1-11(2)14-9-15(18(26)10-17(14)25)19-21-22-20(27)24(19)13-4-5-16-12(8-13)6-7-23(16)3;2-1(3)4;/h4-11,25-26H,1-3H3,(H,22,27);(H2,3,4);. The van der Waals surface area contributed by atoms with E-state index in [1.807, 2.05) is 55.9 Å². The van der Waals surface area contributed by atoms with Gasteiger partial charge in [-0.15, -0.1) is 0 Å². The fourth-order valence-corrected chi connectivity index (χ4v) is 3.36. The molecule has 2 aromatic carbocycles. The van der Waals surface area contributed by atoms with Crippen LogP contribution in [-0.2, 0) is 39.8 Å². The van der Waals surface area contributed by atoms with Crippen molar-refractivity contribution in [3.05, 3.63) is 58.6 Å². The molecule has 4 aromatic rings. The number of hydrogen-bond acceptors (Lipinski definition) is 5. The van der Waals surface area contributed by atoms with Gasteiger partial charge in [0, 0.05) is 62.9 Å². The van der Waals surface area contributed by atoms with Gasteiger partial charge in [-0.3, -0.25) is 5.41 Å². The van der Waals surface area contributed by atoms with Gasteiger partial charge in [-0.05, 0) is 41.8 Å². The molecule has 161 valence electrons. The number of nitrogens with one attached hydrogen (secondary N) is 2. The second-order valence-corrected chi connectivity index (χ2v) is 7.33. The summed E-state index contributed by atoms with van der Waals surface area (Å²) in [5.74, 6) is -0.627. The van der Waals surface area contributed by atoms with Gasteiger partial charge in [-0.25, -0.2) is 14.5 Å². The quantitative estimate of drug-likeness (QED) is 0.165. The van der Waals surface area contributed by atoms with E-state index in [0.29, 0.717) is 16.8 Å². The maximum absolute atomic E-state index is 12.5. The number of fused-ring (bicyclic) bond motifs is 1. The number of aromatic hydroxyl groups is 2. The van der Waals surface area contributed by atoms with Crippen LogP contribution in [0.25, 0.3) is 28.0 Å². The number of aromatic amines is 1. The van der Waals surface area contributed by atoms with Gasteiger partial charge in [-0.2, -0.15) is 5.10 Å². The molecule has 4 rings (SSSR count). The summed E-state index contributed by atoms with van der Waals surface area (Å²) in [7, 11) is 6.21. The molecule has 0 atom stereocenters. The van der Waals surface area contributed by atoms with Gasteiger partial charge < -0.3 is 19.9 Å². The molecule has 11 heteroatoms. The van der Waals surface area contributed by atoms with Crippen molar-refractivity contribution in [3.63, 3.8) is 0 Å². The Labute approximate surface area is 210 Å². The van der Waals surface area contributed by atoms with E-state index < -0.39 is 11.5 Å². The molecule has 0 amide bonds. The van der Waals surface area contributed by atoms with Gasteiger partial charge in [0.15, 0.2) is 13.7 Å². The predicted octanol–water partition coefficient (Wildman–Crippen LogP) is 2.90. The molecule has 0 spiro atoms. The van der Waals surface area contributed by atoms with E-state index in [-0.39, 0.29) is 56.0 Å². The van der Waals surface area contributed by atoms with Crippen molar-refractivity contribution in [3.8, 4) is 28.6 Å². The number of aliphatic hydroxyl groups excluding tert-OH is 1. The summed E-state index contributed by atoms with van der Waals surface area (Å²) in [4.78, 5) is 12.5. The van der Waals surface area contributed by atoms with Crippen LogP contribution in [0.3, 0.4) is 0 Å². The zero-order valence-corrected chi connectivity index (χ0v) is 20.7. The fourth-order valence-electron chi connectivity index (χ4n) is 3.36. The third kappa shape index (κ3) is 5.14. The smallest absolute Gasteiger partial charge is 0.348 e. The molecule has 2 aromatic heterocycles. The minimum atomic E-state index is -0.833. The first kappa shape index (κ1) is 25.4. The van der Waals surface area contributed by atoms with Crippen molar-refractivity contribution in [1.82, 2.24) is 19.3 Å². The Morgan fingerprint density at radius 2 is 1.81 bits per heavy atom. The number of hydrogen-bond donors (Lipinski definition) is 5. The van der Waals surface area contributed by atoms with Crippen molar-refractivity contribution in [1.29, 1.82) is 5.41 Å². The van der Waals surface area contributed by atoms with E-state index in [1.165, 1.54) is 10.6 Å². The molecule has 0 aliphatic heterocycles. The molecule has 0 aliphatic carbocycles. The molecule has 32 heavy (non-hydrogen) atoms. The number of rotatable bonds is 3. The zero-order valence-electron chi connectivity index (χ0n) is 17.9. The summed E-state index contributed by atoms with van der Waals surface area (Å²) < 4.78 is 3.42. The van der Waals surface area contributed by atoms with Gasteiger partial charge in [0.2, 0.25) is 0 Å². The fraction of sp³-hybridized carbons (Fsp3) is 0.190. The van der Waals surface area contributed by atoms with Crippen LogP contribution in [0.5, 0.6) is 11.5 Å². The van der Waals surface area contributed by atoms with Gasteiger partial charge >= 0.3 is 5.69 Å². The predicted molar refractivity (Wildman–Crippen MR) is 120 cm³/mol. The minimum absolute atomic E-state index is 0. The Morgan fingerprint density at radius 1 is 1.16 bits per heavy atom. The molecule has 0 fully saturated rings. The molecular weight excluding hydrogens is 486 g/mol. The largest absolute Gasteiger partial charge is 0.508 e. The molecule has 0 aliphatic rings. The first-order chi connectivity index (χ1) is 14.6. The first-order valence-corrected chi connectivity index (χ1v) is 9.42. The van der Waals surface area contributed by atoms with Crippen LogP contribution >= 0.6 is 0 Å². The molecule has 5 N–H and O–H groups in total. The molecule has 2 heterocycles. The van der Waals surface area contributed by atoms with Crippen LogP contribution < -0.4 is 5.69 Å². The Kier molecular flexibility index (Phi) is 8.09. The Hall–Kier alpha value is -2.84. The SMILES string of the molecule is CC(C)c1cc(-c2n[nH]c(=O)n2-c2ccc3c(ccn3C)c2)c(O)cc1O.[B]C(=N)O.[Y]. The molecular formula is C21H22BN5O4Y. The average molecular weight is 508 g/mol. The van der Waals surface area contributed by atoms with Gasteiger partial charge in [0.25, 0.3) is 0 Å². The van der Waals surface area contributed by atoms with Crippen LogP contribution in [0.1, 0.15) is 25.3 Å². The monoisotopic (exact) mass is 508 g/mol. The summed E-state index contributed by atoms with van der Waals surface area (Å²) in [5, 5.41) is 41.3. The molecule has 0 saturated carbocycles. The summed E-state index contributed by atoms with van der Waals surface area (Å²) in [6.07, 6.45) is 1.95. The third-order valence-corrected chi connectivity index (χ3v) is 4.81. The normalized spacial score (nSPS) is 10.5. The number of H-pyrrole nitrogens is 1. The van der Waals surface area contributed by atoms with E-state index in [0.717, 1.165) is 10.9 Å². The summed E-state index contributed by atoms with van der Waals surface area (Å²) in [5.41, 5.74) is 2.33. The maximum atomic E-state index is 12.5. The van der Waals surface area contributed by atoms with E-state index >= 15 is 0 Å². The molecule has 9 nitrogen and oxygen atoms in total. The summed E-state index contributed by atoms with van der Waals surface area (Å²) >= 11 is 0. The van der Waals surface area contributed by atoms with E-state index in [4.69, 9.17) is 10.5 Å². The van der Waals surface area contributed by atoms with E-state index in [1.54, 1.807) is 6.07 Å². The second kappa shape index (κ2) is 10.2. The van der Waals surface area contributed by atoms with Crippen LogP contribution in [0.2, 0.25) is 0 Å². The van der Waals surface area contributed by atoms with Crippen molar-refractivity contribution in [2.45, 2.75) is 19.8 Å². The molecule has 0 unspecified atom stereocenters. The number of benzene rings is 2. The second-order valence-electron chi connectivity index (χ2n) is 7.33. The van der Waals surface area contributed by atoms with Crippen molar-refractivity contribution in [2.75, 3.05) is 0 Å². The molecule has 3 radical (unpaired) electrons. The van der Waals surface area contributed by atoms with E-state index in [2.05, 4.69) is 18.0 Å².